The first-order valence-corrected chi connectivity index (χ1v) is 12.5. The van der Waals surface area contributed by atoms with Crippen LogP contribution in [-0.2, 0) is 26.0 Å². The van der Waals surface area contributed by atoms with Gasteiger partial charge in [-0.05, 0) is 42.3 Å². The van der Waals surface area contributed by atoms with Gasteiger partial charge in [-0.3, -0.25) is 4.79 Å². The maximum Gasteiger partial charge on any atom is 0.336 e. The van der Waals surface area contributed by atoms with E-state index in [9.17, 15) is 18.0 Å². The summed E-state index contributed by atoms with van der Waals surface area (Å²) in [5, 5.41) is 3.48. The SMILES string of the molecule is CCCc1cc(=O)oc2cc(OCC(=O)Nc3cccc(S(=O)(=O)N4CCOCC4)c3)ccc12. The van der Waals surface area contributed by atoms with E-state index in [1.807, 2.05) is 6.92 Å². The molecular weight excluding hydrogens is 460 g/mol. The smallest absolute Gasteiger partial charge is 0.336 e. The Balaban J connectivity index is 1.42. The van der Waals surface area contributed by atoms with Gasteiger partial charge in [-0.1, -0.05) is 19.4 Å². The number of carbonyl (C=O) groups is 1. The minimum Gasteiger partial charge on any atom is -0.484 e. The van der Waals surface area contributed by atoms with Crippen LogP contribution in [0.1, 0.15) is 18.9 Å². The molecule has 0 saturated carbocycles. The summed E-state index contributed by atoms with van der Waals surface area (Å²) in [6.45, 7) is 3.02. The Hall–Kier alpha value is -3.21. The summed E-state index contributed by atoms with van der Waals surface area (Å²) in [4.78, 5) is 24.4. The third-order valence-electron chi connectivity index (χ3n) is 5.42. The monoisotopic (exact) mass is 486 g/mol. The lowest BCUT2D eigenvalue weighted by Gasteiger charge is -2.26. The van der Waals surface area contributed by atoms with E-state index in [0.717, 1.165) is 23.8 Å². The molecule has 9 nitrogen and oxygen atoms in total. The van der Waals surface area contributed by atoms with Crippen LogP contribution < -0.4 is 15.7 Å². The van der Waals surface area contributed by atoms with Gasteiger partial charge in [-0.2, -0.15) is 4.31 Å². The number of anilines is 1. The van der Waals surface area contributed by atoms with Crippen LogP contribution in [0.2, 0.25) is 0 Å². The highest BCUT2D eigenvalue weighted by molar-refractivity contribution is 7.89. The lowest BCUT2D eigenvalue weighted by Crippen LogP contribution is -2.40. The fourth-order valence-electron chi connectivity index (χ4n) is 3.79. The summed E-state index contributed by atoms with van der Waals surface area (Å²) in [6.07, 6.45) is 1.65. The number of sulfonamides is 1. The largest absolute Gasteiger partial charge is 0.484 e. The maximum absolute atomic E-state index is 12.8. The zero-order valence-corrected chi connectivity index (χ0v) is 19.6. The van der Waals surface area contributed by atoms with Gasteiger partial charge in [0.1, 0.15) is 11.3 Å². The molecule has 2 aromatic carbocycles. The van der Waals surface area contributed by atoms with Crippen molar-refractivity contribution in [2.45, 2.75) is 24.7 Å². The number of amides is 1. The van der Waals surface area contributed by atoms with Gasteiger partial charge < -0.3 is 19.2 Å². The molecule has 1 aliphatic rings. The standard InChI is InChI=1S/C24H26N2O7S/c1-2-4-17-13-24(28)33-22-15-19(7-8-21(17)22)32-16-23(27)25-18-5-3-6-20(14-18)34(29,30)26-9-11-31-12-10-26/h3,5-8,13-15H,2,4,9-12,16H2,1H3,(H,25,27). The van der Waals surface area contributed by atoms with Crippen molar-refractivity contribution in [1.82, 2.24) is 4.31 Å². The first-order valence-electron chi connectivity index (χ1n) is 11.0. The molecule has 1 aromatic heterocycles. The fraction of sp³-hybridized carbons (Fsp3) is 0.333. The molecule has 1 N–H and O–H groups in total. The minimum atomic E-state index is -3.67. The molecule has 180 valence electrons. The maximum atomic E-state index is 12.8. The number of aryl methyl sites for hydroxylation is 1. The molecule has 34 heavy (non-hydrogen) atoms. The van der Waals surface area contributed by atoms with E-state index >= 15 is 0 Å². The van der Waals surface area contributed by atoms with Crippen LogP contribution in [0.25, 0.3) is 11.0 Å². The zero-order chi connectivity index (χ0) is 24.1. The van der Waals surface area contributed by atoms with Gasteiger partial charge >= 0.3 is 5.63 Å². The molecule has 0 aliphatic carbocycles. The summed E-state index contributed by atoms with van der Waals surface area (Å²) in [6, 6.07) is 12.7. The summed E-state index contributed by atoms with van der Waals surface area (Å²) in [5.41, 5.74) is 1.22. The number of rotatable bonds is 8. The Morgan fingerprint density at radius 3 is 2.68 bits per heavy atom. The number of hydrogen-bond acceptors (Lipinski definition) is 7. The van der Waals surface area contributed by atoms with Gasteiger partial charge in [0.05, 0.1) is 18.1 Å². The average molecular weight is 487 g/mol. The van der Waals surface area contributed by atoms with Crippen LogP contribution in [0.3, 0.4) is 0 Å². The Bertz CT molecular complexity index is 1340. The lowest BCUT2D eigenvalue weighted by atomic mass is 10.1. The Labute approximate surface area is 197 Å². The normalized spacial score (nSPS) is 14.7. The molecular formula is C24H26N2O7S. The molecule has 0 spiro atoms. The van der Waals surface area contributed by atoms with Crippen molar-refractivity contribution in [3.8, 4) is 5.75 Å². The van der Waals surface area contributed by atoms with Gasteiger partial charge in [0.2, 0.25) is 10.0 Å². The van der Waals surface area contributed by atoms with Crippen LogP contribution >= 0.6 is 0 Å². The number of ether oxygens (including phenoxy) is 2. The highest BCUT2D eigenvalue weighted by Gasteiger charge is 2.26. The third kappa shape index (κ3) is 5.46. The van der Waals surface area contributed by atoms with Crippen molar-refractivity contribution >= 4 is 32.6 Å². The molecule has 0 radical (unpaired) electrons. The van der Waals surface area contributed by atoms with Crippen LogP contribution in [0.15, 0.2) is 62.6 Å². The molecule has 0 unspecified atom stereocenters. The van der Waals surface area contributed by atoms with Gasteiger partial charge in [-0.15, -0.1) is 0 Å². The molecule has 10 heteroatoms. The van der Waals surface area contributed by atoms with Gasteiger partial charge in [-0.25, -0.2) is 13.2 Å². The molecule has 0 atom stereocenters. The van der Waals surface area contributed by atoms with Crippen LogP contribution in [0.4, 0.5) is 5.69 Å². The quantitative estimate of drug-likeness (QED) is 0.487. The summed E-state index contributed by atoms with van der Waals surface area (Å²) < 4.78 is 43.1. The van der Waals surface area contributed by atoms with E-state index in [0.29, 0.717) is 43.3 Å². The van der Waals surface area contributed by atoms with Crippen molar-refractivity contribution < 1.29 is 27.1 Å². The predicted molar refractivity (Wildman–Crippen MR) is 127 cm³/mol. The zero-order valence-electron chi connectivity index (χ0n) is 18.8. The van der Waals surface area contributed by atoms with Crippen LogP contribution in [0, 0.1) is 0 Å². The topological polar surface area (TPSA) is 115 Å². The van der Waals surface area contributed by atoms with Crippen LogP contribution in [0.5, 0.6) is 5.75 Å². The van der Waals surface area contributed by atoms with Crippen molar-refractivity contribution in [1.29, 1.82) is 0 Å². The number of fused-ring (bicyclic) bond motifs is 1. The van der Waals surface area contributed by atoms with E-state index in [1.54, 1.807) is 30.3 Å². The van der Waals surface area contributed by atoms with E-state index in [4.69, 9.17) is 13.9 Å². The molecule has 1 fully saturated rings. The summed E-state index contributed by atoms with van der Waals surface area (Å²) in [5.74, 6) is -0.0784. The average Bonchev–Trinajstić information content (AvgIpc) is 2.83. The number of hydrogen-bond donors (Lipinski definition) is 1. The second kappa shape index (κ2) is 10.4. The molecule has 4 rings (SSSR count). The van der Waals surface area contributed by atoms with Gasteiger partial charge in [0.25, 0.3) is 5.91 Å². The minimum absolute atomic E-state index is 0.0977. The first kappa shape index (κ1) is 23.9. The van der Waals surface area contributed by atoms with Crippen molar-refractivity contribution in [2.75, 3.05) is 38.2 Å². The molecule has 1 amide bonds. The highest BCUT2D eigenvalue weighted by Crippen LogP contribution is 2.24. The second-order valence-corrected chi connectivity index (χ2v) is 9.82. The van der Waals surface area contributed by atoms with E-state index in [1.165, 1.54) is 22.5 Å². The summed E-state index contributed by atoms with van der Waals surface area (Å²) >= 11 is 0. The Kier molecular flexibility index (Phi) is 7.30. The molecule has 1 aliphatic heterocycles. The molecule has 3 aromatic rings. The fourth-order valence-corrected chi connectivity index (χ4v) is 5.25. The van der Waals surface area contributed by atoms with Crippen molar-refractivity contribution in [3.63, 3.8) is 0 Å². The molecule has 0 bridgehead atoms. The summed E-state index contributed by atoms with van der Waals surface area (Å²) in [7, 11) is -3.67. The number of morpholine rings is 1. The third-order valence-corrected chi connectivity index (χ3v) is 7.31. The Morgan fingerprint density at radius 1 is 1.12 bits per heavy atom. The predicted octanol–water partition coefficient (Wildman–Crippen LogP) is 2.78. The van der Waals surface area contributed by atoms with Gasteiger partial charge in [0.15, 0.2) is 6.61 Å². The lowest BCUT2D eigenvalue weighted by molar-refractivity contribution is -0.118. The number of benzene rings is 2. The van der Waals surface area contributed by atoms with E-state index in [2.05, 4.69) is 5.32 Å². The van der Waals surface area contributed by atoms with E-state index < -0.39 is 21.6 Å². The number of nitrogens with one attached hydrogen (secondary N) is 1. The van der Waals surface area contributed by atoms with Crippen molar-refractivity contribution in [2.24, 2.45) is 0 Å². The second-order valence-electron chi connectivity index (χ2n) is 7.88. The Morgan fingerprint density at radius 2 is 1.91 bits per heavy atom. The van der Waals surface area contributed by atoms with Gasteiger partial charge in [0, 0.05) is 36.3 Å². The van der Waals surface area contributed by atoms with Crippen molar-refractivity contribution in [3.05, 3.63) is 64.5 Å². The van der Waals surface area contributed by atoms with E-state index in [-0.39, 0.29) is 11.5 Å². The van der Waals surface area contributed by atoms with Crippen LogP contribution in [-0.4, -0.2) is 51.5 Å². The molecule has 2 heterocycles. The number of nitrogens with zero attached hydrogens (tertiary/aromatic N) is 1. The molecule has 1 saturated heterocycles. The first-order chi connectivity index (χ1) is 16.4. The number of carbonyl (C=O) groups excluding carboxylic acids is 1. The highest BCUT2D eigenvalue weighted by atomic mass is 32.2.